The predicted molar refractivity (Wildman–Crippen MR) is 68.1 cm³/mol. The van der Waals surface area contributed by atoms with Gasteiger partial charge < -0.3 is 4.74 Å². The Labute approximate surface area is 110 Å². The lowest BCUT2D eigenvalue weighted by Gasteiger charge is -2.06. The van der Waals surface area contributed by atoms with E-state index in [2.05, 4.69) is 9.97 Å². The van der Waals surface area contributed by atoms with Gasteiger partial charge in [0.05, 0.1) is 12.3 Å². The molecule has 0 amide bonds. The molecule has 0 fully saturated rings. The van der Waals surface area contributed by atoms with Gasteiger partial charge in [-0.2, -0.15) is 0 Å². The van der Waals surface area contributed by atoms with Gasteiger partial charge in [-0.1, -0.05) is 12.1 Å². The third kappa shape index (κ3) is 2.93. The molecule has 0 radical (unpaired) electrons. The Bertz CT molecular complexity index is 614. The Hall–Kier alpha value is -2.30. The van der Waals surface area contributed by atoms with Crippen LogP contribution in [0.3, 0.4) is 0 Å². The SMILES string of the molecule is CCOC(=O)c1nc(C)cc(-c2ccccc2F)n1. The van der Waals surface area contributed by atoms with Crippen molar-refractivity contribution in [2.75, 3.05) is 6.61 Å². The van der Waals surface area contributed by atoms with E-state index < -0.39 is 11.8 Å². The molecule has 5 heteroatoms. The van der Waals surface area contributed by atoms with E-state index in [0.29, 0.717) is 17.0 Å². The van der Waals surface area contributed by atoms with Crippen molar-refractivity contribution in [3.63, 3.8) is 0 Å². The third-order valence-electron chi connectivity index (χ3n) is 2.46. The number of carbonyl (C=O) groups excluding carboxylic acids is 1. The van der Waals surface area contributed by atoms with Crippen molar-refractivity contribution in [2.24, 2.45) is 0 Å². The lowest BCUT2D eigenvalue weighted by molar-refractivity contribution is 0.0511. The minimum atomic E-state index is -0.608. The normalized spacial score (nSPS) is 10.3. The summed E-state index contributed by atoms with van der Waals surface area (Å²) in [7, 11) is 0. The minimum Gasteiger partial charge on any atom is -0.460 e. The Morgan fingerprint density at radius 2 is 2.05 bits per heavy atom. The number of aryl methyl sites for hydroxylation is 1. The molecule has 0 unspecified atom stereocenters. The van der Waals surface area contributed by atoms with Crippen molar-refractivity contribution in [3.05, 3.63) is 47.7 Å². The number of ether oxygens (including phenoxy) is 1. The van der Waals surface area contributed by atoms with E-state index in [9.17, 15) is 9.18 Å². The van der Waals surface area contributed by atoms with Crippen LogP contribution in [-0.4, -0.2) is 22.5 Å². The summed E-state index contributed by atoms with van der Waals surface area (Å²) in [5.74, 6) is -1.06. The van der Waals surface area contributed by atoms with E-state index in [4.69, 9.17) is 4.74 Å². The number of aromatic nitrogens is 2. The molecule has 0 N–H and O–H groups in total. The number of halogens is 1. The van der Waals surface area contributed by atoms with Gasteiger partial charge in [0.25, 0.3) is 0 Å². The summed E-state index contributed by atoms with van der Waals surface area (Å²) in [5, 5.41) is 0. The van der Waals surface area contributed by atoms with E-state index >= 15 is 0 Å². The van der Waals surface area contributed by atoms with Gasteiger partial charge in [-0.25, -0.2) is 19.2 Å². The summed E-state index contributed by atoms with van der Waals surface area (Å²) in [4.78, 5) is 19.7. The van der Waals surface area contributed by atoms with Crippen LogP contribution in [0.1, 0.15) is 23.2 Å². The second kappa shape index (κ2) is 5.56. The molecule has 19 heavy (non-hydrogen) atoms. The molecular formula is C14H13FN2O2. The molecule has 4 nitrogen and oxygen atoms in total. The van der Waals surface area contributed by atoms with E-state index in [1.54, 1.807) is 38.1 Å². The fourth-order valence-corrected chi connectivity index (χ4v) is 1.66. The Kier molecular flexibility index (Phi) is 3.85. The number of carbonyl (C=O) groups is 1. The molecule has 0 aliphatic heterocycles. The topological polar surface area (TPSA) is 52.1 Å². The Balaban J connectivity index is 2.48. The molecule has 1 aromatic heterocycles. The molecule has 0 bridgehead atoms. The number of benzene rings is 1. The largest absolute Gasteiger partial charge is 0.460 e. The molecule has 0 saturated heterocycles. The monoisotopic (exact) mass is 260 g/mol. The van der Waals surface area contributed by atoms with Crippen LogP contribution in [0.5, 0.6) is 0 Å². The Morgan fingerprint density at radius 1 is 1.32 bits per heavy atom. The van der Waals surface area contributed by atoms with Gasteiger partial charge in [0, 0.05) is 11.3 Å². The first kappa shape index (κ1) is 13.1. The summed E-state index contributed by atoms with van der Waals surface area (Å²) >= 11 is 0. The van der Waals surface area contributed by atoms with E-state index in [0.717, 1.165) is 0 Å². The lowest BCUT2D eigenvalue weighted by atomic mass is 10.1. The van der Waals surface area contributed by atoms with Crippen LogP contribution in [0, 0.1) is 12.7 Å². The second-order valence-corrected chi connectivity index (χ2v) is 3.92. The molecule has 1 heterocycles. The van der Waals surface area contributed by atoms with Crippen LogP contribution in [-0.2, 0) is 4.74 Å². The van der Waals surface area contributed by atoms with Crippen molar-refractivity contribution >= 4 is 5.97 Å². The molecular weight excluding hydrogens is 247 g/mol. The molecule has 0 aliphatic carbocycles. The minimum absolute atomic E-state index is 0.0555. The summed E-state index contributed by atoms with van der Waals surface area (Å²) in [6.07, 6.45) is 0. The maximum atomic E-state index is 13.7. The van der Waals surface area contributed by atoms with Crippen LogP contribution in [0.25, 0.3) is 11.3 Å². The number of hydrogen-bond donors (Lipinski definition) is 0. The highest BCUT2D eigenvalue weighted by molar-refractivity contribution is 5.85. The highest BCUT2D eigenvalue weighted by atomic mass is 19.1. The average molecular weight is 260 g/mol. The van der Waals surface area contributed by atoms with Crippen molar-refractivity contribution < 1.29 is 13.9 Å². The second-order valence-electron chi connectivity index (χ2n) is 3.92. The van der Waals surface area contributed by atoms with Crippen molar-refractivity contribution in [1.82, 2.24) is 9.97 Å². The zero-order chi connectivity index (χ0) is 13.8. The molecule has 0 aliphatic rings. The first-order chi connectivity index (χ1) is 9.11. The molecule has 2 rings (SSSR count). The van der Waals surface area contributed by atoms with Crippen LogP contribution in [0.2, 0.25) is 0 Å². The molecule has 98 valence electrons. The standard InChI is InChI=1S/C14H13FN2O2/c1-3-19-14(18)13-16-9(2)8-12(17-13)10-6-4-5-7-11(10)15/h4-8H,3H2,1-2H3. The van der Waals surface area contributed by atoms with Gasteiger partial charge >= 0.3 is 5.97 Å². The lowest BCUT2D eigenvalue weighted by Crippen LogP contribution is -2.11. The summed E-state index contributed by atoms with van der Waals surface area (Å²) in [5.41, 5.74) is 1.28. The quantitative estimate of drug-likeness (QED) is 0.796. The molecule has 1 aromatic carbocycles. The summed E-state index contributed by atoms with van der Waals surface area (Å²) in [6, 6.07) is 7.88. The van der Waals surface area contributed by atoms with E-state index in [1.165, 1.54) is 6.07 Å². The maximum absolute atomic E-state index is 13.7. The number of hydrogen-bond acceptors (Lipinski definition) is 4. The predicted octanol–water partition coefficient (Wildman–Crippen LogP) is 2.77. The van der Waals surface area contributed by atoms with Crippen LogP contribution < -0.4 is 0 Å². The summed E-state index contributed by atoms with van der Waals surface area (Å²) in [6.45, 7) is 3.66. The summed E-state index contributed by atoms with van der Waals surface area (Å²) < 4.78 is 18.6. The van der Waals surface area contributed by atoms with Gasteiger partial charge in [-0.3, -0.25) is 0 Å². The Morgan fingerprint density at radius 3 is 2.74 bits per heavy atom. The average Bonchev–Trinajstić information content (AvgIpc) is 2.39. The van der Waals surface area contributed by atoms with Crippen molar-refractivity contribution in [2.45, 2.75) is 13.8 Å². The zero-order valence-corrected chi connectivity index (χ0v) is 10.7. The first-order valence-electron chi connectivity index (χ1n) is 5.89. The van der Waals surface area contributed by atoms with E-state index in [-0.39, 0.29) is 12.4 Å². The van der Waals surface area contributed by atoms with Gasteiger partial charge in [0.1, 0.15) is 5.82 Å². The highest BCUT2D eigenvalue weighted by Gasteiger charge is 2.14. The fourth-order valence-electron chi connectivity index (χ4n) is 1.66. The van der Waals surface area contributed by atoms with Crippen molar-refractivity contribution in [3.8, 4) is 11.3 Å². The third-order valence-corrected chi connectivity index (χ3v) is 2.46. The fraction of sp³-hybridized carbons (Fsp3) is 0.214. The van der Waals surface area contributed by atoms with Gasteiger partial charge in [-0.05, 0) is 32.0 Å². The smallest absolute Gasteiger partial charge is 0.376 e. The molecule has 0 saturated carbocycles. The number of rotatable bonds is 3. The van der Waals surface area contributed by atoms with Gasteiger partial charge in [0.15, 0.2) is 0 Å². The molecule has 2 aromatic rings. The van der Waals surface area contributed by atoms with Crippen LogP contribution >= 0.6 is 0 Å². The first-order valence-corrected chi connectivity index (χ1v) is 5.89. The number of esters is 1. The van der Waals surface area contributed by atoms with Crippen LogP contribution in [0.15, 0.2) is 30.3 Å². The van der Waals surface area contributed by atoms with Crippen LogP contribution in [0.4, 0.5) is 4.39 Å². The molecule has 0 atom stereocenters. The van der Waals surface area contributed by atoms with Crippen molar-refractivity contribution in [1.29, 1.82) is 0 Å². The highest BCUT2D eigenvalue weighted by Crippen LogP contribution is 2.21. The molecule has 0 spiro atoms. The van der Waals surface area contributed by atoms with Gasteiger partial charge in [-0.15, -0.1) is 0 Å². The van der Waals surface area contributed by atoms with E-state index in [1.807, 2.05) is 0 Å². The zero-order valence-electron chi connectivity index (χ0n) is 10.7. The van der Waals surface area contributed by atoms with Gasteiger partial charge in [0.2, 0.25) is 5.82 Å². The maximum Gasteiger partial charge on any atom is 0.376 e. The number of nitrogens with zero attached hydrogens (tertiary/aromatic N) is 2.